The van der Waals surface area contributed by atoms with Gasteiger partial charge in [-0.05, 0) is 0 Å². The van der Waals surface area contributed by atoms with Gasteiger partial charge in [-0.1, -0.05) is 0 Å². The Labute approximate surface area is 232 Å². The first-order valence-electron chi connectivity index (χ1n) is 14.2. The van der Waals surface area contributed by atoms with E-state index in [0.717, 1.165) is 60.7 Å². The Balaban J connectivity index is 2.01. The van der Waals surface area contributed by atoms with Gasteiger partial charge in [0.05, 0.1) is 0 Å². The molecule has 1 N–H and O–H groups in total. The van der Waals surface area contributed by atoms with Crippen LogP contribution in [0, 0.1) is 0 Å². The van der Waals surface area contributed by atoms with Gasteiger partial charge < -0.3 is 0 Å². The summed E-state index contributed by atoms with van der Waals surface area (Å²) in [5.74, 6) is -0.637. The standard InChI is InChI=1S/C27H36N3O4.3CH3.Sn/c1-3-4-5-6-7-10-18-29(21(2)32)30(27(34)28(19-20-31)23-16-17-23)26(33)25-15-11-13-22-12-8-9-14-24(22)25;;;;/h8-9,11-15,23,31H,2-7,10,16-20H2,1H3;3*1H3;. The summed E-state index contributed by atoms with van der Waals surface area (Å²) in [7, 11) is 0. The third-order valence-electron chi connectivity index (χ3n) is 6.90. The molecule has 7 nitrogen and oxygen atoms in total. The van der Waals surface area contributed by atoms with Crippen LogP contribution in [0.25, 0.3) is 10.8 Å². The number of carbonyl (C=O) groups excluding carboxylic acids is 3. The molecule has 0 spiro atoms. The minimum atomic E-state index is -2.61. The number of aliphatic hydroxyl groups excluding tert-OH is 1. The summed E-state index contributed by atoms with van der Waals surface area (Å²) in [5, 5.41) is 13.9. The van der Waals surface area contributed by atoms with Gasteiger partial charge in [0.1, 0.15) is 0 Å². The second-order valence-corrected chi connectivity index (χ2v) is 27.2. The number of aliphatic hydroxyl groups is 1. The van der Waals surface area contributed by atoms with Crippen molar-refractivity contribution in [1.29, 1.82) is 0 Å². The molecule has 0 atom stereocenters. The molecule has 1 aliphatic carbocycles. The Bertz CT molecular complexity index is 1090. The molecular formula is C30H45N3O4Sn. The molecule has 1 fully saturated rings. The number of nitrogens with zero attached hydrogens (tertiary/aromatic N) is 3. The average Bonchev–Trinajstić information content (AvgIpc) is 3.72. The number of rotatable bonds is 13. The van der Waals surface area contributed by atoms with Gasteiger partial charge in [0.25, 0.3) is 0 Å². The molecule has 1 aliphatic rings. The van der Waals surface area contributed by atoms with Crippen molar-refractivity contribution in [3.05, 3.63) is 48.0 Å². The van der Waals surface area contributed by atoms with Crippen molar-refractivity contribution in [2.24, 2.45) is 0 Å². The number of urea groups is 1. The molecule has 8 heteroatoms. The van der Waals surface area contributed by atoms with Crippen LogP contribution in [0.4, 0.5) is 4.79 Å². The summed E-state index contributed by atoms with van der Waals surface area (Å²) in [6.45, 7) is 2.45. The van der Waals surface area contributed by atoms with Gasteiger partial charge in [-0.15, -0.1) is 0 Å². The zero-order valence-electron chi connectivity index (χ0n) is 23.6. The van der Waals surface area contributed by atoms with Crippen molar-refractivity contribution in [2.45, 2.75) is 83.6 Å². The van der Waals surface area contributed by atoms with Gasteiger partial charge in [0.2, 0.25) is 0 Å². The zero-order chi connectivity index (χ0) is 27.7. The molecule has 0 bridgehead atoms. The Hall–Kier alpha value is -2.13. The fourth-order valence-electron chi connectivity index (χ4n) is 4.80. The first kappa shape index (κ1) is 30.4. The number of benzene rings is 2. The van der Waals surface area contributed by atoms with Gasteiger partial charge in [-0.2, -0.15) is 0 Å². The molecule has 0 saturated heterocycles. The maximum absolute atomic E-state index is 14.3. The van der Waals surface area contributed by atoms with E-state index in [1.165, 1.54) is 11.4 Å². The van der Waals surface area contributed by atoms with Crippen LogP contribution in [0.2, 0.25) is 19.3 Å². The summed E-state index contributed by atoms with van der Waals surface area (Å²) >= 11 is -2.61. The molecule has 208 valence electrons. The third-order valence-corrected chi connectivity index (χ3v) is 10.8. The summed E-state index contributed by atoms with van der Waals surface area (Å²) in [6, 6.07) is 12.6. The molecule has 2 aromatic carbocycles. The van der Waals surface area contributed by atoms with Crippen molar-refractivity contribution in [2.75, 3.05) is 19.7 Å². The van der Waals surface area contributed by atoms with Crippen LogP contribution in [0.15, 0.2) is 42.5 Å². The van der Waals surface area contributed by atoms with Crippen molar-refractivity contribution < 1.29 is 19.5 Å². The average molecular weight is 630 g/mol. The number of unbranched alkanes of at least 4 members (excludes halogenated alkanes) is 5. The number of imide groups is 1. The number of fused-ring (bicyclic) bond motifs is 1. The van der Waals surface area contributed by atoms with Crippen LogP contribution in [0.1, 0.15) is 68.6 Å². The number of hydrazine groups is 1. The normalized spacial score (nSPS) is 13.4. The first-order valence-corrected chi connectivity index (χ1v) is 24.8. The quantitative estimate of drug-likeness (QED) is 0.160. The van der Waals surface area contributed by atoms with Crippen molar-refractivity contribution >= 4 is 47.0 Å². The molecule has 3 rings (SSSR count). The molecule has 0 unspecified atom stereocenters. The summed E-state index contributed by atoms with van der Waals surface area (Å²) in [4.78, 5) is 50.3. The van der Waals surface area contributed by atoms with E-state index >= 15 is 0 Å². The van der Waals surface area contributed by atoms with Crippen molar-refractivity contribution in [1.82, 2.24) is 14.9 Å². The second kappa shape index (κ2) is 14.3. The van der Waals surface area contributed by atoms with E-state index < -0.39 is 30.3 Å². The van der Waals surface area contributed by atoms with E-state index in [-0.39, 0.29) is 25.1 Å². The number of amides is 4. The topological polar surface area (TPSA) is 81.2 Å². The molecule has 0 radical (unpaired) electrons. The summed E-state index contributed by atoms with van der Waals surface area (Å²) in [5.41, 5.74) is 0.399. The zero-order valence-corrected chi connectivity index (χ0v) is 26.5. The van der Waals surface area contributed by atoms with Gasteiger partial charge >= 0.3 is 233 Å². The van der Waals surface area contributed by atoms with E-state index in [0.29, 0.717) is 16.5 Å². The number of hydrogen-bond acceptors (Lipinski definition) is 4. The van der Waals surface area contributed by atoms with Crippen LogP contribution in [-0.4, -0.2) is 82.0 Å². The Morgan fingerprint density at radius 3 is 2.21 bits per heavy atom. The summed E-state index contributed by atoms with van der Waals surface area (Å²) in [6.07, 6.45) is 7.90. The molecule has 2 aromatic rings. The molecule has 0 aromatic heterocycles. The predicted octanol–water partition coefficient (Wildman–Crippen LogP) is 6.30. The fourth-order valence-corrected chi connectivity index (χ4v) is 7.91. The number of carbonyl (C=O) groups is 3. The molecule has 1 saturated carbocycles. The van der Waals surface area contributed by atoms with Crippen LogP contribution in [0.5, 0.6) is 0 Å². The van der Waals surface area contributed by atoms with Crippen molar-refractivity contribution in [3.8, 4) is 0 Å². The monoisotopic (exact) mass is 631 g/mol. The van der Waals surface area contributed by atoms with Gasteiger partial charge in [-0.25, -0.2) is 0 Å². The second-order valence-electron chi connectivity index (χ2n) is 11.6. The maximum atomic E-state index is 14.3. The van der Waals surface area contributed by atoms with E-state index in [1.807, 2.05) is 36.4 Å². The van der Waals surface area contributed by atoms with Gasteiger partial charge in [0, 0.05) is 0 Å². The Morgan fingerprint density at radius 2 is 1.55 bits per heavy atom. The van der Waals surface area contributed by atoms with Crippen LogP contribution in [0.3, 0.4) is 0 Å². The SMILES string of the molecule is CCCCCCCCN(C(=O)[CH2][Sn]([CH3])([CH3])[CH3])N(C(=O)c1cccc2ccccc12)C(=O)N(CCO)C1CC1. The molecule has 38 heavy (non-hydrogen) atoms. The molecular weight excluding hydrogens is 585 g/mol. The van der Waals surface area contributed by atoms with Crippen LogP contribution < -0.4 is 0 Å². The minimum absolute atomic E-state index is 0.00902. The van der Waals surface area contributed by atoms with Gasteiger partial charge in [-0.3, -0.25) is 0 Å². The van der Waals surface area contributed by atoms with Crippen molar-refractivity contribution in [3.63, 3.8) is 0 Å². The summed E-state index contributed by atoms with van der Waals surface area (Å²) < 4.78 is 0.417. The Kier molecular flexibility index (Phi) is 11.5. The third kappa shape index (κ3) is 8.43. The van der Waals surface area contributed by atoms with Crippen LogP contribution in [-0.2, 0) is 4.79 Å². The first-order chi connectivity index (χ1) is 18.2. The Morgan fingerprint density at radius 1 is 0.895 bits per heavy atom. The van der Waals surface area contributed by atoms with E-state index in [9.17, 15) is 19.5 Å². The predicted molar refractivity (Wildman–Crippen MR) is 156 cm³/mol. The van der Waals surface area contributed by atoms with E-state index in [4.69, 9.17) is 0 Å². The van der Waals surface area contributed by atoms with Crippen LogP contribution >= 0.6 is 0 Å². The molecule has 0 heterocycles. The fraction of sp³-hybridized carbons (Fsp3) is 0.567. The van der Waals surface area contributed by atoms with E-state index in [1.54, 1.807) is 11.0 Å². The molecule has 0 aliphatic heterocycles. The number of hydrogen-bond donors (Lipinski definition) is 1. The van der Waals surface area contributed by atoms with Gasteiger partial charge in [0.15, 0.2) is 0 Å². The molecule has 4 amide bonds. The van der Waals surface area contributed by atoms with E-state index in [2.05, 4.69) is 21.7 Å².